The van der Waals surface area contributed by atoms with Crippen molar-refractivity contribution in [3.05, 3.63) is 23.9 Å². The van der Waals surface area contributed by atoms with E-state index in [0.717, 1.165) is 37.1 Å². The fourth-order valence-corrected chi connectivity index (χ4v) is 2.44. The standard InChI is InChI=1S/C16H26N4O.HI/c1-4-17-16(20-9-7-13(2)8-10-20)19-12-14-5-6-15(21-3)18-11-14;/h5-6,11,13H,4,7-10,12H2,1-3H3,(H,17,19);1H. The van der Waals surface area contributed by atoms with Crippen LogP contribution in [0.25, 0.3) is 0 Å². The quantitative estimate of drug-likeness (QED) is 0.464. The molecule has 5 nitrogen and oxygen atoms in total. The molecule has 124 valence electrons. The van der Waals surface area contributed by atoms with Crippen LogP contribution in [0.5, 0.6) is 5.88 Å². The maximum atomic E-state index is 5.07. The molecular weight excluding hydrogens is 391 g/mol. The molecule has 2 heterocycles. The van der Waals surface area contributed by atoms with Gasteiger partial charge in [-0.15, -0.1) is 24.0 Å². The van der Waals surface area contributed by atoms with Crippen LogP contribution < -0.4 is 10.1 Å². The van der Waals surface area contributed by atoms with Gasteiger partial charge in [0.05, 0.1) is 13.7 Å². The van der Waals surface area contributed by atoms with Gasteiger partial charge in [-0.3, -0.25) is 0 Å². The molecule has 0 spiro atoms. The lowest BCUT2D eigenvalue weighted by atomic mass is 10.00. The van der Waals surface area contributed by atoms with E-state index in [1.165, 1.54) is 12.8 Å². The second-order valence-electron chi connectivity index (χ2n) is 5.55. The Bertz CT molecular complexity index is 456. The topological polar surface area (TPSA) is 49.8 Å². The summed E-state index contributed by atoms with van der Waals surface area (Å²) in [4.78, 5) is 11.3. The van der Waals surface area contributed by atoms with Crippen LogP contribution in [0, 0.1) is 5.92 Å². The number of rotatable bonds is 4. The zero-order valence-electron chi connectivity index (χ0n) is 13.7. The number of ether oxygens (including phenoxy) is 1. The number of methoxy groups -OCH3 is 1. The van der Waals surface area contributed by atoms with E-state index in [0.29, 0.717) is 12.4 Å². The van der Waals surface area contributed by atoms with E-state index in [1.54, 1.807) is 7.11 Å². The van der Waals surface area contributed by atoms with Crippen molar-refractivity contribution in [3.8, 4) is 5.88 Å². The summed E-state index contributed by atoms with van der Waals surface area (Å²) >= 11 is 0. The van der Waals surface area contributed by atoms with Crippen LogP contribution in [0.4, 0.5) is 0 Å². The molecule has 0 amide bonds. The van der Waals surface area contributed by atoms with Crippen LogP contribution in [0.3, 0.4) is 0 Å². The normalized spacial score (nSPS) is 16.1. The lowest BCUT2D eigenvalue weighted by Crippen LogP contribution is -2.45. The molecule has 22 heavy (non-hydrogen) atoms. The Morgan fingerprint density at radius 1 is 1.41 bits per heavy atom. The van der Waals surface area contributed by atoms with Crippen LogP contribution in [-0.2, 0) is 6.54 Å². The number of nitrogens with zero attached hydrogens (tertiary/aromatic N) is 3. The Morgan fingerprint density at radius 3 is 2.68 bits per heavy atom. The molecule has 1 aliphatic rings. The van der Waals surface area contributed by atoms with Crippen molar-refractivity contribution in [2.75, 3.05) is 26.7 Å². The number of nitrogens with one attached hydrogen (secondary N) is 1. The van der Waals surface area contributed by atoms with Crippen molar-refractivity contribution in [1.82, 2.24) is 15.2 Å². The van der Waals surface area contributed by atoms with Gasteiger partial charge < -0.3 is 15.0 Å². The van der Waals surface area contributed by atoms with E-state index < -0.39 is 0 Å². The summed E-state index contributed by atoms with van der Waals surface area (Å²) in [5.41, 5.74) is 1.09. The molecule has 1 N–H and O–H groups in total. The predicted molar refractivity (Wildman–Crippen MR) is 101 cm³/mol. The van der Waals surface area contributed by atoms with Crippen molar-refractivity contribution in [2.45, 2.75) is 33.2 Å². The molecule has 0 aromatic carbocycles. The molecule has 0 aliphatic carbocycles. The molecule has 0 atom stereocenters. The van der Waals surface area contributed by atoms with Crippen molar-refractivity contribution in [3.63, 3.8) is 0 Å². The summed E-state index contributed by atoms with van der Waals surface area (Å²) in [6.07, 6.45) is 4.31. The third kappa shape index (κ3) is 5.62. The van der Waals surface area contributed by atoms with Crippen LogP contribution in [0.1, 0.15) is 32.3 Å². The van der Waals surface area contributed by atoms with Gasteiger partial charge in [0.1, 0.15) is 0 Å². The first-order chi connectivity index (χ1) is 10.2. The smallest absolute Gasteiger partial charge is 0.212 e. The van der Waals surface area contributed by atoms with Gasteiger partial charge in [0.15, 0.2) is 5.96 Å². The summed E-state index contributed by atoms with van der Waals surface area (Å²) in [6.45, 7) is 8.15. The molecule has 1 fully saturated rings. The second-order valence-corrected chi connectivity index (χ2v) is 5.55. The van der Waals surface area contributed by atoms with Crippen LogP contribution in [0.15, 0.2) is 23.3 Å². The minimum Gasteiger partial charge on any atom is -0.481 e. The van der Waals surface area contributed by atoms with Gasteiger partial charge in [0, 0.05) is 31.9 Å². The highest BCUT2D eigenvalue weighted by Crippen LogP contribution is 2.16. The number of hydrogen-bond acceptors (Lipinski definition) is 3. The van der Waals surface area contributed by atoms with Gasteiger partial charge in [-0.05, 0) is 31.2 Å². The molecule has 1 aromatic heterocycles. The molecule has 6 heteroatoms. The van der Waals surface area contributed by atoms with Gasteiger partial charge in [-0.1, -0.05) is 13.0 Å². The highest BCUT2D eigenvalue weighted by atomic mass is 127. The SMILES string of the molecule is CCNC(=NCc1ccc(OC)nc1)N1CCC(C)CC1.I. The molecular formula is C16H27IN4O. The van der Waals surface area contributed by atoms with Crippen molar-refractivity contribution in [1.29, 1.82) is 0 Å². The second kappa shape index (κ2) is 9.86. The lowest BCUT2D eigenvalue weighted by Gasteiger charge is -2.33. The summed E-state index contributed by atoms with van der Waals surface area (Å²) in [5, 5.41) is 3.39. The number of aromatic nitrogens is 1. The Labute approximate surface area is 150 Å². The Hall–Kier alpha value is -1.05. The molecule has 0 saturated carbocycles. The Balaban J connectivity index is 0.00000242. The minimum absolute atomic E-state index is 0. The molecule has 1 aliphatic heterocycles. The zero-order chi connectivity index (χ0) is 15.1. The maximum absolute atomic E-state index is 5.07. The third-order valence-corrected chi connectivity index (χ3v) is 3.84. The number of guanidine groups is 1. The number of halogens is 1. The molecule has 1 aromatic rings. The Kier molecular flexibility index (Phi) is 8.52. The number of aliphatic imine (C=N–C) groups is 1. The molecule has 1 saturated heterocycles. The highest BCUT2D eigenvalue weighted by Gasteiger charge is 2.18. The number of pyridine rings is 1. The number of piperidine rings is 1. The summed E-state index contributed by atoms with van der Waals surface area (Å²) < 4.78 is 5.07. The highest BCUT2D eigenvalue weighted by molar-refractivity contribution is 14.0. The summed E-state index contributed by atoms with van der Waals surface area (Å²) in [6, 6.07) is 3.89. The van der Waals surface area contributed by atoms with Crippen LogP contribution >= 0.6 is 24.0 Å². The molecule has 0 bridgehead atoms. The predicted octanol–water partition coefficient (Wildman–Crippen LogP) is 2.91. The molecule has 0 unspecified atom stereocenters. The number of hydrogen-bond donors (Lipinski definition) is 1. The minimum atomic E-state index is 0. The van der Waals surface area contributed by atoms with Crippen LogP contribution in [0.2, 0.25) is 0 Å². The van der Waals surface area contributed by atoms with Crippen LogP contribution in [-0.4, -0.2) is 42.6 Å². The monoisotopic (exact) mass is 418 g/mol. The van der Waals surface area contributed by atoms with Gasteiger partial charge in [0.25, 0.3) is 0 Å². The van der Waals surface area contributed by atoms with E-state index in [9.17, 15) is 0 Å². The van der Waals surface area contributed by atoms with E-state index in [1.807, 2.05) is 18.3 Å². The maximum Gasteiger partial charge on any atom is 0.212 e. The number of likely N-dealkylation sites (tertiary alicyclic amines) is 1. The van der Waals surface area contributed by atoms with Gasteiger partial charge in [-0.2, -0.15) is 0 Å². The zero-order valence-corrected chi connectivity index (χ0v) is 16.0. The van der Waals surface area contributed by atoms with E-state index >= 15 is 0 Å². The fraction of sp³-hybridized carbons (Fsp3) is 0.625. The largest absolute Gasteiger partial charge is 0.481 e. The lowest BCUT2D eigenvalue weighted by molar-refractivity contribution is 0.273. The molecule has 2 rings (SSSR count). The van der Waals surface area contributed by atoms with E-state index in [2.05, 4.69) is 29.0 Å². The first kappa shape index (κ1) is 19.0. The van der Waals surface area contributed by atoms with E-state index in [-0.39, 0.29) is 24.0 Å². The molecule has 0 radical (unpaired) electrons. The van der Waals surface area contributed by atoms with Gasteiger partial charge in [-0.25, -0.2) is 9.98 Å². The first-order valence-corrected chi connectivity index (χ1v) is 7.75. The summed E-state index contributed by atoms with van der Waals surface area (Å²) in [5.74, 6) is 2.48. The van der Waals surface area contributed by atoms with Crippen molar-refractivity contribution >= 4 is 29.9 Å². The summed E-state index contributed by atoms with van der Waals surface area (Å²) in [7, 11) is 1.63. The Morgan fingerprint density at radius 2 is 2.14 bits per heavy atom. The van der Waals surface area contributed by atoms with Gasteiger partial charge in [0.2, 0.25) is 5.88 Å². The van der Waals surface area contributed by atoms with Gasteiger partial charge >= 0.3 is 0 Å². The third-order valence-electron chi connectivity index (χ3n) is 3.84. The van der Waals surface area contributed by atoms with Crippen molar-refractivity contribution < 1.29 is 4.74 Å². The average Bonchev–Trinajstić information content (AvgIpc) is 2.53. The van der Waals surface area contributed by atoms with E-state index in [4.69, 9.17) is 9.73 Å². The first-order valence-electron chi connectivity index (χ1n) is 7.75. The fourth-order valence-electron chi connectivity index (χ4n) is 2.44. The average molecular weight is 418 g/mol. The van der Waals surface area contributed by atoms with Crippen molar-refractivity contribution in [2.24, 2.45) is 10.9 Å².